The molecule has 2 heterocycles. The van der Waals surface area contributed by atoms with Crippen molar-refractivity contribution in [3.05, 3.63) is 41.0 Å². The zero-order chi connectivity index (χ0) is 25.6. The SMILES string of the molecule is C/C=C(/C)C(=O)O[C@H]1c2cc3c(cc2-c2c(cc(OC)c(OC)c2OC)C[C@H]2C(=O)OC[C@@H]21)OCO3. The number of esters is 2. The van der Waals surface area contributed by atoms with Crippen molar-refractivity contribution in [3.8, 4) is 39.9 Å². The fourth-order valence-electron chi connectivity index (χ4n) is 5.13. The molecular formula is C27H28O9. The van der Waals surface area contributed by atoms with Gasteiger partial charge in [-0.2, -0.15) is 0 Å². The summed E-state index contributed by atoms with van der Waals surface area (Å²) in [5.74, 6) is 0.648. The summed E-state index contributed by atoms with van der Waals surface area (Å²) in [5, 5.41) is 0. The molecule has 9 nitrogen and oxygen atoms in total. The molecule has 1 saturated heterocycles. The Labute approximate surface area is 208 Å². The zero-order valence-electron chi connectivity index (χ0n) is 20.8. The summed E-state index contributed by atoms with van der Waals surface area (Å²) in [5.41, 5.74) is 3.36. The maximum absolute atomic E-state index is 13.0. The molecule has 0 unspecified atom stereocenters. The quantitative estimate of drug-likeness (QED) is 0.449. The lowest BCUT2D eigenvalue weighted by Crippen LogP contribution is -2.30. The Morgan fingerprint density at radius 1 is 1.00 bits per heavy atom. The molecular weight excluding hydrogens is 468 g/mol. The molecule has 5 rings (SSSR count). The minimum atomic E-state index is -0.778. The van der Waals surface area contributed by atoms with Crippen molar-refractivity contribution in [3.63, 3.8) is 0 Å². The topological polar surface area (TPSA) is 98.8 Å². The van der Waals surface area contributed by atoms with Crippen LogP contribution in [0.25, 0.3) is 11.1 Å². The van der Waals surface area contributed by atoms with E-state index >= 15 is 0 Å². The predicted octanol–water partition coefficient (Wildman–Crippen LogP) is 4.00. The number of carbonyl (C=O) groups excluding carboxylic acids is 2. The van der Waals surface area contributed by atoms with Crippen molar-refractivity contribution in [2.45, 2.75) is 26.4 Å². The van der Waals surface area contributed by atoms with E-state index in [4.69, 9.17) is 33.2 Å². The van der Waals surface area contributed by atoms with Crippen molar-refractivity contribution in [1.82, 2.24) is 0 Å². The van der Waals surface area contributed by atoms with Gasteiger partial charge in [0.25, 0.3) is 0 Å². The first kappa shape index (κ1) is 23.8. The Bertz CT molecular complexity index is 1260. The van der Waals surface area contributed by atoms with Gasteiger partial charge in [0.05, 0.1) is 33.9 Å². The van der Waals surface area contributed by atoms with E-state index in [9.17, 15) is 9.59 Å². The average Bonchev–Trinajstić information content (AvgIpc) is 3.50. The highest BCUT2D eigenvalue weighted by atomic mass is 16.7. The van der Waals surface area contributed by atoms with E-state index in [2.05, 4.69) is 0 Å². The molecule has 0 spiro atoms. The maximum Gasteiger partial charge on any atom is 0.333 e. The van der Waals surface area contributed by atoms with Crippen molar-refractivity contribution in [1.29, 1.82) is 0 Å². The van der Waals surface area contributed by atoms with E-state index in [-0.39, 0.29) is 19.4 Å². The first-order chi connectivity index (χ1) is 17.4. The molecule has 2 aromatic rings. The van der Waals surface area contributed by atoms with Crippen LogP contribution in [0.4, 0.5) is 0 Å². The van der Waals surface area contributed by atoms with Crippen LogP contribution in [0, 0.1) is 11.8 Å². The summed E-state index contributed by atoms with van der Waals surface area (Å²) in [7, 11) is 4.62. The molecule has 36 heavy (non-hydrogen) atoms. The number of hydrogen-bond donors (Lipinski definition) is 0. The van der Waals surface area contributed by atoms with Crippen LogP contribution in [-0.2, 0) is 25.5 Å². The third-order valence-corrected chi connectivity index (χ3v) is 7.09. The highest BCUT2D eigenvalue weighted by Crippen LogP contribution is 2.55. The number of hydrogen-bond acceptors (Lipinski definition) is 9. The van der Waals surface area contributed by atoms with Crippen LogP contribution in [0.2, 0.25) is 0 Å². The molecule has 0 bridgehead atoms. The second kappa shape index (κ2) is 9.29. The van der Waals surface area contributed by atoms with Crippen LogP contribution in [0.5, 0.6) is 28.7 Å². The largest absolute Gasteiger partial charge is 0.493 e. The molecule has 0 radical (unpaired) electrons. The number of benzene rings is 2. The van der Waals surface area contributed by atoms with Crippen molar-refractivity contribution < 1.29 is 42.7 Å². The summed E-state index contributed by atoms with van der Waals surface area (Å²) < 4.78 is 40.0. The summed E-state index contributed by atoms with van der Waals surface area (Å²) in [4.78, 5) is 25.9. The minimum absolute atomic E-state index is 0.0734. The van der Waals surface area contributed by atoms with Gasteiger partial charge in [-0.25, -0.2) is 4.79 Å². The number of carbonyl (C=O) groups is 2. The van der Waals surface area contributed by atoms with Crippen molar-refractivity contribution in [2.75, 3.05) is 34.7 Å². The van der Waals surface area contributed by atoms with E-state index in [1.165, 1.54) is 7.11 Å². The second-order valence-corrected chi connectivity index (χ2v) is 8.87. The third-order valence-electron chi connectivity index (χ3n) is 7.09. The third kappa shape index (κ3) is 3.70. The highest BCUT2D eigenvalue weighted by molar-refractivity contribution is 5.89. The second-order valence-electron chi connectivity index (χ2n) is 8.87. The van der Waals surface area contributed by atoms with Gasteiger partial charge in [0.1, 0.15) is 6.10 Å². The van der Waals surface area contributed by atoms with Gasteiger partial charge < -0.3 is 33.2 Å². The Morgan fingerprint density at radius 2 is 1.72 bits per heavy atom. The monoisotopic (exact) mass is 496 g/mol. The van der Waals surface area contributed by atoms with Crippen LogP contribution >= 0.6 is 0 Å². The molecule has 0 aromatic heterocycles. The van der Waals surface area contributed by atoms with Crippen LogP contribution in [0.15, 0.2) is 29.8 Å². The summed E-state index contributed by atoms with van der Waals surface area (Å²) in [6.45, 7) is 3.66. The number of allylic oxidation sites excluding steroid dienone is 1. The van der Waals surface area contributed by atoms with Gasteiger partial charge in [0.2, 0.25) is 12.5 Å². The molecule has 190 valence electrons. The van der Waals surface area contributed by atoms with Gasteiger partial charge in [-0.3, -0.25) is 4.79 Å². The fourth-order valence-corrected chi connectivity index (χ4v) is 5.13. The van der Waals surface area contributed by atoms with Gasteiger partial charge in [-0.1, -0.05) is 6.08 Å². The van der Waals surface area contributed by atoms with Crippen LogP contribution in [0.3, 0.4) is 0 Å². The standard InChI is InChI=1S/C27H28O9/c1-6-13(2)26(28)36-23-16-10-20-19(34-12-35-20)9-15(16)22-14(7-17-18(23)11-33-27(17)29)8-21(30-3)24(31-4)25(22)32-5/h6,8-10,17-18,23H,7,11-12H2,1-5H3/b13-6-/t17-,18+,23+/m1/s1. The van der Waals surface area contributed by atoms with Gasteiger partial charge >= 0.3 is 11.9 Å². The minimum Gasteiger partial charge on any atom is -0.493 e. The molecule has 0 saturated carbocycles. The van der Waals surface area contributed by atoms with E-state index in [0.29, 0.717) is 51.9 Å². The van der Waals surface area contributed by atoms with Gasteiger partial charge in [0.15, 0.2) is 23.0 Å². The van der Waals surface area contributed by atoms with Crippen molar-refractivity contribution in [2.24, 2.45) is 11.8 Å². The van der Waals surface area contributed by atoms with Crippen molar-refractivity contribution >= 4 is 11.9 Å². The maximum atomic E-state index is 13.0. The Kier molecular flexibility index (Phi) is 6.15. The number of ether oxygens (including phenoxy) is 7. The van der Waals surface area contributed by atoms with Gasteiger partial charge in [0, 0.05) is 22.6 Å². The van der Waals surface area contributed by atoms with Crippen LogP contribution < -0.4 is 23.7 Å². The van der Waals surface area contributed by atoms with E-state index in [0.717, 1.165) is 11.1 Å². The molecule has 9 heteroatoms. The molecule has 3 aliphatic rings. The fraction of sp³-hybridized carbons (Fsp3) is 0.407. The van der Waals surface area contributed by atoms with E-state index in [1.807, 2.05) is 18.2 Å². The molecule has 0 amide bonds. The predicted molar refractivity (Wildman–Crippen MR) is 128 cm³/mol. The molecule has 1 fully saturated rings. The molecule has 0 N–H and O–H groups in total. The van der Waals surface area contributed by atoms with E-state index < -0.39 is 23.9 Å². The Balaban J connectivity index is 1.82. The normalized spacial score (nSPS) is 21.9. The smallest absolute Gasteiger partial charge is 0.333 e. The lowest BCUT2D eigenvalue weighted by atomic mass is 9.76. The molecule has 2 aliphatic heterocycles. The summed E-state index contributed by atoms with van der Waals surface area (Å²) >= 11 is 0. The summed E-state index contributed by atoms with van der Waals surface area (Å²) in [6.07, 6.45) is 1.24. The number of rotatable bonds is 5. The van der Waals surface area contributed by atoms with Crippen LogP contribution in [-0.4, -0.2) is 46.7 Å². The molecule has 2 aromatic carbocycles. The number of fused-ring (bicyclic) bond motifs is 5. The zero-order valence-corrected chi connectivity index (χ0v) is 20.8. The molecule has 1 aliphatic carbocycles. The number of cyclic esters (lactones) is 1. The Morgan fingerprint density at radius 3 is 2.39 bits per heavy atom. The highest BCUT2D eigenvalue weighted by Gasteiger charge is 2.47. The average molecular weight is 497 g/mol. The molecule has 3 atom stereocenters. The Hall–Kier alpha value is -3.88. The first-order valence-electron chi connectivity index (χ1n) is 11.7. The number of methoxy groups -OCH3 is 3. The van der Waals surface area contributed by atoms with E-state index in [1.54, 1.807) is 34.1 Å². The van der Waals surface area contributed by atoms with Gasteiger partial charge in [-0.05, 0) is 49.6 Å². The van der Waals surface area contributed by atoms with Crippen LogP contribution in [0.1, 0.15) is 31.1 Å². The first-order valence-corrected chi connectivity index (χ1v) is 11.7. The lowest BCUT2D eigenvalue weighted by molar-refractivity contribution is -0.149. The van der Waals surface area contributed by atoms with Gasteiger partial charge in [-0.15, -0.1) is 0 Å². The summed E-state index contributed by atoms with van der Waals surface area (Å²) in [6, 6.07) is 5.52. The lowest BCUT2D eigenvalue weighted by Gasteiger charge is -2.32.